The molecule has 29 heavy (non-hydrogen) atoms. The van der Waals surface area contributed by atoms with E-state index in [2.05, 4.69) is 5.32 Å². The van der Waals surface area contributed by atoms with Crippen molar-refractivity contribution >= 4 is 39.4 Å². The van der Waals surface area contributed by atoms with Crippen molar-refractivity contribution in [2.24, 2.45) is 11.7 Å². The number of nitrogens with one attached hydrogen (secondary N) is 2. The lowest BCUT2D eigenvalue weighted by Gasteiger charge is -2.31. The lowest BCUT2D eigenvalue weighted by Crippen LogP contribution is -3.17. The Bertz CT molecular complexity index is 1070. The number of fused-ring (bicyclic) bond motifs is 3. The molecule has 1 saturated heterocycles. The number of hydrogen-bond donors (Lipinski definition) is 3. The number of rotatable bonds is 5. The quantitative estimate of drug-likeness (QED) is 0.611. The topological polar surface area (TPSA) is 99.0 Å². The molecule has 0 aliphatic carbocycles. The molecular formula is C22H26N3O4+. The molecule has 7 nitrogen and oxygen atoms in total. The summed E-state index contributed by atoms with van der Waals surface area (Å²) in [5.41, 5.74) is 7.48. The molecule has 1 atom stereocenters. The molecule has 0 saturated carbocycles. The second-order valence-electron chi connectivity index (χ2n) is 7.69. The van der Waals surface area contributed by atoms with E-state index in [9.17, 15) is 9.59 Å². The summed E-state index contributed by atoms with van der Waals surface area (Å²) in [7, 11) is 1.59. The molecule has 0 spiro atoms. The highest BCUT2D eigenvalue weighted by Crippen LogP contribution is 2.36. The third kappa shape index (κ3) is 3.65. The molecular weight excluding hydrogens is 370 g/mol. The monoisotopic (exact) mass is 396 g/mol. The summed E-state index contributed by atoms with van der Waals surface area (Å²) in [4.78, 5) is 25.4. The minimum absolute atomic E-state index is 0.0791. The van der Waals surface area contributed by atoms with Gasteiger partial charge in [-0.05, 0) is 19.1 Å². The van der Waals surface area contributed by atoms with Crippen molar-refractivity contribution in [2.75, 3.05) is 25.5 Å². The Balaban J connectivity index is 1.54. The standard InChI is InChI=1S/C22H25N3O4/c1-13(25-9-7-14(8-10-25)21(23)26)22(27)24-17-12-19-16(11-20(17)28-2)15-5-3-4-6-18(15)29-19/h3-6,11-14H,7-10H2,1-2H3,(H2,23,26)(H,24,27)/p+1/t13-/m1/s1. The SMILES string of the molecule is COc1cc2c(cc1NC(=O)[C@@H](C)[NH+]1CCC(C(N)=O)CC1)oc1ccccc12. The number of anilines is 1. The maximum Gasteiger partial charge on any atom is 0.282 e. The first-order valence-electron chi connectivity index (χ1n) is 9.92. The van der Waals surface area contributed by atoms with Gasteiger partial charge in [-0.3, -0.25) is 9.59 Å². The summed E-state index contributed by atoms with van der Waals surface area (Å²) in [5, 5.41) is 4.95. The average molecular weight is 396 g/mol. The first kappa shape index (κ1) is 19.3. The molecule has 0 radical (unpaired) electrons. The van der Waals surface area contributed by atoms with Crippen LogP contribution in [0.3, 0.4) is 0 Å². The van der Waals surface area contributed by atoms with E-state index in [1.54, 1.807) is 7.11 Å². The molecule has 0 unspecified atom stereocenters. The Morgan fingerprint density at radius 2 is 1.90 bits per heavy atom. The van der Waals surface area contributed by atoms with E-state index in [1.165, 1.54) is 0 Å². The Labute approximate surface area is 168 Å². The number of carbonyl (C=O) groups is 2. The number of piperidine rings is 1. The third-order valence-electron chi connectivity index (χ3n) is 5.99. The van der Waals surface area contributed by atoms with Crippen LogP contribution in [0.5, 0.6) is 5.75 Å². The molecule has 2 aromatic carbocycles. The molecule has 1 aliphatic heterocycles. The summed E-state index contributed by atoms with van der Waals surface area (Å²) in [5.74, 6) is 0.174. The maximum absolute atomic E-state index is 12.9. The summed E-state index contributed by atoms with van der Waals surface area (Å²) in [6, 6.07) is 11.3. The van der Waals surface area contributed by atoms with Gasteiger partial charge in [0.15, 0.2) is 6.04 Å². The number of furan rings is 1. The van der Waals surface area contributed by atoms with Gasteiger partial charge in [0, 0.05) is 35.6 Å². The number of ether oxygens (including phenoxy) is 1. The zero-order chi connectivity index (χ0) is 20.5. The molecule has 1 aromatic heterocycles. The average Bonchev–Trinajstić information content (AvgIpc) is 3.09. The second-order valence-corrected chi connectivity index (χ2v) is 7.69. The van der Waals surface area contributed by atoms with Crippen molar-refractivity contribution in [1.82, 2.24) is 0 Å². The summed E-state index contributed by atoms with van der Waals surface area (Å²) in [6.45, 7) is 3.41. The fourth-order valence-corrected chi connectivity index (χ4v) is 4.15. The Hall–Kier alpha value is -3.06. The highest BCUT2D eigenvalue weighted by atomic mass is 16.5. The van der Waals surface area contributed by atoms with Gasteiger partial charge in [-0.15, -0.1) is 0 Å². The maximum atomic E-state index is 12.9. The molecule has 3 aromatic rings. The van der Waals surface area contributed by atoms with E-state index >= 15 is 0 Å². The third-order valence-corrected chi connectivity index (χ3v) is 5.99. The van der Waals surface area contributed by atoms with E-state index in [4.69, 9.17) is 14.9 Å². The van der Waals surface area contributed by atoms with Crippen LogP contribution in [-0.2, 0) is 9.59 Å². The predicted molar refractivity (Wildman–Crippen MR) is 111 cm³/mol. The number of likely N-dealkylation sites (tertiary alicyclic amines) is 1. The van der Waals surface area contributed by atoms with Crippen LogP contribution in [0.25, 0.3) is 21.9 Å². The molecule has 2 heterocycles. The van der Waals surface area contributed by atoms with Crippen LogP contribution in [0.1, 0.15) is 19.8 Å². The van der Waals surface area contributed by atoms with E-state index in [0.717, 1.165) is 47.2 Å². The fraction of sp³-hybridized carbons (Fsp3) is 0.364. The summed E-state index contributed by atoms with van der Waals surface area (Å²) < 4.78 is 11.5. The van der Waals surface area contributed by atoms with Gasteiger partial charge in [-0.25, -0.2) is 0 Å². The molecule has 4 N–H and O–H groups in total. The number of benzene rings is 2. The Morgan fingerprint density at radius 3 is 2.59 bits per heavy atom. The fourth-order valence-electron chi connectivity index (χ4n) is 4.15. The minimum Gasteiger partial charge on any atom is -0.495 e. The Morgan fingerprint density at radius 1 is 1.17 bits per heavy atom. The smallest absolute Gasteiger partial charge is 0.282 e. The van der Waals surface area contributed by atoms with Crippen LogP contribution >= 0.6 is 0 Å². The molecule has 0 bridgehead atoms. The van der Waals surface area contributed by atoms with Gasteiger partial charge in [-0.1, -0.05) is 18.2 Å². The lowest BCUT2D eigenvalue weighted by molar-refractivity contribution is -0.919. The van der Waals surface area contributed by atoms with Gasteiger partial charge in [0.25, 0.3) is 5.91 Å². The van der Waals surface area contributed by atoms with Crippen LogP contribution in [0, 0.1) is 5.92 Å². The molecule has 152 valence electrons. The number of amides is 2. The van der Waals surface area contributed by atoms with Gasteiger partial charge in [0.2, 0.25) is 5.91 Å². The normalized spacial score (nSPS) is 20.5. The molecule has 4 rings (SSSR count). The van der Waals surface area contributed by atoms with Gasteiger partial charge in [-0.2, -0.15) is 0 Å². The van der Waals surface area contributed by atoms with Crippen LogP contribution in [0.2, 0.25) is 0 Å². The van der Waals surface area contributed by atoms with Gasteiger partial charge in [0.1, 0.15) is 16.9 Å². The van der Waals surface area contributed by atoms with Crippen molar-refractivity contribution in [3.63, 3.8) is 0 Å². The molecule has 1 aliphatic rings. The van der Waals surface area contributed by atoms with E-state index in [-0.39, 0.29) is 23.8 Å². The van der Waals surface area contributed by atoms with E-state index < -0.39 is 0 Å². The number of nitrogens with two attached hydrogens (primary N) is 1. The number of quaternary nitrogens is 1. The number of para-hydroxylation sites is 1. The van der Waals surface area contributed by atoms with Crippen LogP contribution in [0.4, 0.5) is 5.69 Å². The van der Waals surface area contributed by atoms with Crippen molar-refractivity contribution < 1.29 is 23.6 Å². The summed E-state index contributed by atoms with van der Waals surface area (Å²) in [6.07, 6.45) is 1.44. The van der Waals surface area contributed by atoms with Crippen molar-refractivity contribution in [3.05, 3.63) is 36.4 Å². The van der Waals surface area contributed by atoms with Gasteiger partial charge in [0.05, 0.1) is 25.9 Å². The number of methoxy groups -OCH3 is 1. The highest BCUT2D eigenvalue weighted by Gasteiger charge is 2.32. The number of hydrogen-bond acceptors (Lipinski definition) is 4. The largest absolute Gasteiger partial charge is 0.495 e. The minimum atomic E-state index is -0.250. The van der Waals surface area contributed by atoms with Crippen molar-refractivity contribution in [2.45, 2.75) is 25.8 Å². The van der Waals surface area contributed by atoms with E-state index in [0.29, 0.717) is 17.0 Å². The van der Waals surface area contributed by atoms with Crippen LogP contribution in [0.15, 0.2) is 40.8 Å². The molecule has 2 amide bonds. The van der Waals surface area contributed by atoms with Crippen LogP contribution in [-0.4, -0.2) is 38.1 Å². The summed E-state index contributed by atoms with van der Waals surface area (Å²) >= 11 is 0. The first-order valence-corrected chi connectivity index (χ1v) is 9.92. The Kier molecular flexibility index (Phi) is 5.15. The van der Waals surface area contributed by atoms with Gasteiger partial charge < -0.3 is 25.1 Å². The predicted octanol–water partition coefficient (Wildman–Crippen LogP) is 1.70. The number of carbonyl (C=O) groups excluding carboxylic acids is 2. The highest BCUT2D eigenvalue weighted by molar-refractivity contribution is 6.08. The lowest BCUT2D eigenvalue weighted by atomic mass is 9.95. The van der Waals surface area contributed by atoms with Crippen molar-refractivity contribution in [3.8, 4) is 5.75 Å². The van der Waals surface area contributed by atoms with Crippen molar-refractivity contribution in [1.29, 1.82) is 0 Å². The number of primary amides is 1. The molecule has 1 fully saturated rings. The zero-order valence-electron chi connectivity index (χ0n) is 16.7. The van der Waals surface area contributed by atoms with E-state index in [1.807, 2.05) is 43.3 Å². The zero-order valence-corrected chi connectivity index (χ0v) is 16.7. The van der Waals surface area contributed by atoms with Gasteiger partial charge >= 0.3 is 0 Å². The first-order chi connectivity index (χ1) is 14.0. The second kappa shape index (κ2) is 7.75. The van der Waals surface area contributed by atoms with Crippen LogP contribution < -0.4 is 20.7 Å². The molecule has 7 heteroatoms.